The second kappa shape index (κ2) is 4.61. The van der Waals surface area contributed by atoms with Gasteiger partial charge in [-0.25, -0.2) is 0 Å². The molecule has 4 heteroatoms. The molecular weight excluding hydrogens is 194 g/mol. The molecule has 0 atom stereocenters. The van der Waals surface area contributed by atoms with Crippen LogP contribution in [-0.4, -0.2) is 6.00 Å². The maximum Gasteiger partial charge on any atom is 0.365 e. The van der Waals surface area contributed by atoms with Gasteiger partial charge in [0.2, 0.25) is 0 Å². The minimum Gasteiger partial charge on any atom is -0.121 e. The van der Waals surface area contributed by atoms with Gasteiger partial charge in [0.05, 0.1) is 0 Å². The summed E-state index contributed by atoms with van der Waals surface area (Å²) in [6, 6.07) is -2.46. The summed E-state index contributed by atoms with van der Waals surface area (Å²) in [5.74, 6) is 0. The van der Waals surface area contributed by atoms with E-state index in [9.17, 15) is 0 Å². The Morgan fingerprint density at radius 2 is 1.89 bits per heavy atom. The van der Waals surface area contributed by atoms with Gasteiger partial charge in [0.25, 0.3) is 0 Å². The highest BCUT2D eigenvalue weighted by Gasteiger charge is 2.19. The molecule has 0 unspecified atom stereocenters. The molecule has 0 rings (SSSR count). The minimum absolute atomic E-state index is 1.00. The highest BCUT2D eigenvalue weighted by molar-refractivity contribution is 7.66. The molecule has 0 aromatic carbocycles. The van der Waals surface area contributed by atoms with Gasteiger partial charge >= 0.3 is 6.00 Å². The molecule has 54 valence electrons. The molecule has 0 aliphatic carbocycles. The highest BCUT2D eigenvalue weighted by Crippen LogP contribution is 2.20. The van der Waals surface area contributed by atoms with Crippen LogP contribution < -0.4 is 0 Å². The van der Waals surface area contributed by atoms with Crippen molar-refractivity contribution in [2.24, 2.45) is 0 Å². The van der Waals surface area contributed by atoms with Gasteiger partial charge in [0.1, 0.15) is 0 Å². The lowest BCUT2D eigenvalue weighted by molar-refractivity contribution is 0.960. The maximum absolute atomic E-state index is 5.55. The molecule has 0 aromatic rings. The third-order valence-corrected chi connectivity index (χ3v) is 2.51. The summed E-state index contributed by atoms with van der Waals surface area (Å²) < 4.78 is 0. The molecule has 9 heavy (non-hydrogen) atoms. The second-order valence-corrected chi connectivity index (χ2v) is 10.3. The lowest BCUT2D eigenvalue weighted by atomic mass is 10.3. The first-order valence-electron chi connectivity index (χ1n) is 2.80. The van der Waals surface area contributed by atoms with E-state index in [-0.39, 0.29) is 0 Å². The van der Waals surface area contributed by atoms with E-state index in [2.05, 4.69) is 6.92 Å². The van der Waals surface area contributed by atoms with Gasteiger partial charge in [-0.2, -0.15) is 0 Å². The summed E-state index contributed by atoms with van der Waals surface area (Å²) in [5.41, 5.74) is 1.71. The van der Waals surface area contributed by atoms with E-state index in [4.69, 9.17) is 33.2 Å². The lowest BCUT2D eigenvalue weighted by Gasteiger charge is -1.96. The lowest BCUT2D eigenvalue weighted by Crippen LogP contribution is -2.02. The quantitative estimate of drug-likeness (QED) is 0.486. The molecule has 0 bridgehead atoms. The van der Waals surface area contributed by atoms with Crippen molar-refractivity contribution in [3.63, 3.8) is 0 Å². The predicted octanol–water partition coefficient (Wildman–Crippen LogP) is 3.54. The van der Waals surface area contributed by atoms with Crippen LogP contribution in [0.4, 0.5) is 0 Å². The summed E-state index contributed by atoms with van der Waals surface area (Å²) in [5, 5.41) is 0. The Kier molecular flexibility index (Phi) is 5.04. The number of rotatable bonds is 3. The van der Waals surface area contributed by atoms with Crippen LogP contribution in [0, 0.1) is 0 Å². The first-order chi connectivity index (χ1) is 4.06. The second-order valence-electron chi connectivity index (χ2n) is 1.73. The topological polar surface area (TPSA) is 0 Å². The van der Waals surface area contributed by atoms with Crippen molar-refractivity contribution in [2.75, 3.05) is 0 Å². The van der Waals surface area contributed by atoms with E-state index in [1.807, 2.05) is 6.08 Å². The van der Waals surface area contributed by atoms with E-state index in [1.54, 1.807) is 5.70 Å². The van der Waals surface area contributed by atoms with Crippen LogP contribution in [0.1, 0.15) is 19.8 Å². The molecule has 0 saturated carbocycles. The summed E-state index contributed by atoms with van der Waals surface area (Å²) in [6.45, 7) is 2.09. The van der Waals surface area contributed by atoms with Crippen molar-refractivity contribution in [3.05, 3.63) is 11.8 Å². The molecule has 0 heterocycles. The number of hydrogen-bond acceptors (Lipinski definition) is 0. The number of halogens is 3. The van der Waals surface area contributed by atoms with Crippen molar-refractivity contribution in [3.8, 4) is 0 Å². The summed E-state index contributed by atoms with van der Waals surface area (Å²) in [4.78, 5) is 0. The van der Waals surface area contributed by atoms with E-state index < -0.39 is 6.00 Å². The molecule has 0 saturated heterocycles. The Bertz CT molecular complexity index is 94.9. The van der Waals surface area contributed by atoms with E-state index in [1.165, 1.54) is 0 Å². The predicted molar refractivity (Wildman–Crippen MR) is 47.4 cm³/mol. The van der Waals surface area contributed by atoms with Crippen molar-refractivity contribution >= 4 is 39.2 Å². The van der Waals surface area contributed by atoms with E-state index >= 15 is 0 Å². The van der Waals surface area contributed by atoms with Gasteiger partial charge in [0.15, 0.2) is 0 Å². The third-order valence-electron chi connectivity index (χ3n) is 0.762. The third kappa shape index (κ3) is 8.83. The maximum atomic E-state index is 5.55. The SMILES string of the molecule is CCCC=C[Si](Cl)(Cl)Cl. The Labute approximate surface area is 70.9 Å². The first kappa shape index (κ1) is 9.83. The Hall–Kier alpha value is 0.827. The Balaban J connectivity index is 3.45. The van der Waals surface area contributed by atoms with Crippen molar-refractivity contribution in [2.45, 2.75) is 19.8 Å². The van der Waals surface area contributed by atoms with Gasteiger partial charge < -0.3 is 0 Å². The molecule has 0 aromatic heterocycles. The minimum atomic E-state index is -2.46. The van der Waals surface area contributed by atoms with Crippen molar-refractivity contribution in [1.29, 1.82) is 0 Å². The van der Waals surface area contributed by atoms with Gasteiger partial charge in [-0.1, -0.05) is 25.1 Å². The Morgan fingerprint density at radius 3 is 2.22 bits per heavy atom. The normalized spacial score (nSPS) is 12.9. The number of unbranched alkanes of at least 4 members (excludes halogenated alkanes) is 1. The summed E-state index contributed by atoms with van der Waals surface area (Å²) in [7, 11) is 0. The van der Waals surface area contributed by atoms with Crippen LogP contribution in [-0.2, 0) is 0 Å². The fourth-order valence-electron chi connectivity index (χ4n) is 0.384. The highest BCUT2D eigenvalue weighted by atomic mass is 35.8. The van der Waals surface area contributed by atoms with Crippen LogP contribution in [0.3, 0.4) is 0 Å². The van der Waals surface area contributed by atoms with Crippen LogP contribution in [0.2, 0.25) is 0 Å². The standard InChI is InChI=1S/C5H9Cl3Si/c1-2-3-4-5-9(6,7)8/h4-5H,2-3H2,1H3. The average molecular weight is 204 g/mol. The summed E-state index contributed by atoms with van der Waals surface area (Å²) in [6.07, 6.45) is 4.03. The zero-order chi connectivity index (χ0) is 7.33. The van der Waals surface area contributed by atoms with Gasteiger partial charge in [-0.05, 0) is 6.42 Å². The van der Waals surface area contributed by atoms with Gasteiger partial charge in [-0.3, -0.25) is 0 Å². The molecule has 0 N–H and O–H groups in total. The van der Waals surface area contributed by atoms with E-state index in [0.29, 0.717) is 0 Å². The monoisotopic (exact) mass is 202 g/mol. The average Bonchev–Trinajstić information content (AvgIpc) is 1.63. The zero-order valence-corrected chi connectivity index (χ0v) is 8.47. The van der Waals surface area contributed by atoms with Gasteiger partial charge in [-0.15, -0.1) is 33.2 Å². The molecule has 0 nitrogen and oxygen atoms in total. The first-order valence-corrected chi connectivity index (χ1v) is 7.92. The molecule has 0 radical (unpaired) electrons. The van der Waals surface area contributed by atoms with Crippen molar-refractivity contribution < 1.29 is 0 Å². The van der Waals surface area contributed by atoms with Crippen LogP contribution >= 0.6 is 33.2 Å². The summed E-state index contributed by atoms with van der Waals surface area (Å²) >= 11 is 16.7. The van der Waals surface area contributed by atoms with Crippen LogP contribution in [0.5, 0.6) is 0 Å². The smallest absolute Gasteiger partial charge is 0.121 e. The van der Waals surface area contributed by atoms with Crippen LogP contribution in [0.15, 0.2) is 11.8 Å². The number of hydrogen-bond donors (Lipinski definition) is 0. The van der Waals surface area contributed by atoms with Crippen molar-refractivity contribution in [1.82, 2.24) is 0 Å². The number of allylic oxidation sites excluding steroid dienone is 1. The molecule has 0 aliphatic heterocycles. The molecular formula is C5H9Cl3Si. The van der Waals surface area contributed by atoms with E-state index in [0.717, 1.165) is 12.8 Å². The fraction of sp³-hybridized carbons (Fsp3) is 0.600. The molecule has 0 aliphatic rings. The van der Waals surface area contributed by atoms with Gasteiger partial charge in [0, 0.05) is 0 Å². The molecule has 0 fully saturated rings. The zero-order valence-electron chi connectivity index (χ0n) is 5.20. The Morgan fingerprint density at radius 1 is 1.33 bits per heavy atom. The molecule has 0 spiro atoms. The largest absolute Gasteiger partial charge is 0.365 e. The fourth-order valence-corrected chi connectivity index (χ4v) is 1.62. The van der Waals surface area contributed by atoms with Crippen LogP contribution in [0.25, 0.3) is 0 Å². The molecule has 0 amide bonds.